The monoisotopic (exact) mass is 220 g/mol. The third kappa shape index (κ3) is 2.44. The van der Waals surface area contributed by atoms with Gasteiger partial charge in [-0.05, 0) is 19.1 Å². The number of nitrogens with zero attached hydrogens (tertiary/aromatic N) is 1. The highest BCUT2D eigenvalue weighted by Crippen LogP contribution is 2.18. The molecule has 1 aromatic carbocycles. The molecular formula is C11H9FN2O2. The summed E-state index contributed by atoms with van der Waals surface area (Å²) in [7, 11) is 0. The van der Waals surface area contributed by atoms with Crippen LogP contribution in [-0.4, -0.2) is 9.97 Å². The molecule has 0 aliphatic carbocycles. The first-order valence-corrected chi connectivity index (χ1v) is 4.65. The Morgan fingerprint density at radius 3 is 2.88 bits per heavy atom. The SMILES string of the molecule is Cc1nc(Oc2cccc(F)c2)cc(=O)[nH]1. The molecule has 16 heavy (non-hydrogen) atoms. The molecule has 82 valence electrons. The minimum atomic E-state index is -0.404. The van der Waals surface area contributed by atoms with Crippen molar-refractivity contribution in [2.45, 2.75) is 6.92 Å². The molecule has 1 heterocycles. The van der Waals surface area contributed by atoms with E-state index in [4.69, 9.17) is 4.74 Å². The highest BCUT2D eigenvalue weighted by Gasteiger charge is 2.02. The predicted octanol–water partition coefficient (Wildman–Crippen LogP) is 2.01. The number of hydrogen-bond acceptors (Lipinski definition) is 3. The molecule has 0 atom stereocenters. The molecule has 0 saturated heterocycles. The van der Waals surface area contributed by atoms with E-state index in [9.17, 15) is 9.18 Å². The first-order chi connectivity index (χ1) is 7.63. The Hall–Kier alpha value is -2.17. The average molecular weight is 220 g/mol. The molecule has 5 heteroatoms. The number of rotatable bonds is 2. The van der Waals surface area contributed by atoms with Crippen molar-refractivity contribution in [3.8, 4) is 11.6 Å². The molecule has 0 aliphatic rings. The predicted molar refractivity (Wildman–Crippen MR) is 56.1 cm³/mol. The molecule has 0 aliphatic heterocycles. The first kappa shape index (κ1) is 10.4. The second kappa shape index (κ2) is 4.14. The summed E-state index contributed by atoms with van der Waals surface area (Å²) in [4.78, 5) is 17.6. The van der Waals surface area contributed by atoms with Gasteiger partial charge in [-0.1, -0.05) is 6.07 Å². The van der Waals surface area contributed by atoms with Crippen molar-refractivity contribution in [2.75, 3.05) is 0 Å². The minimum absolute atomic E-state index is 0.145. The lowest BCUT2D eigenvalue weighted by Gasteiger charge is -2.04. The normalized spacial score (nSPS) is 10.1. The second-order valence-corrected chi connectivity index (χ2v) is 3.23. The van der Waals surface area contributed by atoms with E-state index in [-0.39, 0.29) is 11.4 Å². The summed E-state index contributed by atoms with van der Waals surface area (Å²) in [5, 5.41) is 0. The van der Waals surface area contributed by atoms with Gasteiger partial charge in [0.1, 0.15) is 17.4 Å². The molecule has 0 amide bonds. The smallest absolute Gasteiger partial charge is 0.254 e. The molecule has 0 fully saturated rings. The molecule has 1 N–H and O–H groups in total. The maximum absolute atomic E-state index is 12.9. The Labute approximate surface area is 90.7 Å². The number of H-pyrrole nitrogens is 1. The number of nitrogens with one attached hydrogen (secondary N) is 1. The van der Waals surface area contributed by atoms with Crippen molar-refractivity contribution in [2.24, 2.45) is 0 Å². The molecule has 2 rings (SSSR count). The summed E-state index contributed by atoms with van der Waals surface area (Å²) in [5.74, 6) is 0.488. The highest BCUT2D eigenvalue weighted by atomic mass is 19.1. The summed E-state index contributed by atoms with van der Waals surface area (Å²) < 4.78 is 18.1. The Morgan fingerprint density at radius 1 is 1.38 bits per heavy atom. The van der Waals surface area contributed by atoms with Gasteiger partial charge in [-0.2, -0.15) is 0 Å². The Kier molecular flexibility index (Phi) is 2.68. The standard InChI is InChI=1S/C11H9FN2O2/c1-7-13-10(15)6-11(14-7)16-9-4-2-3-8(12)5-9/h2-6H,1H3,(H,13,14,15). The van der Waals surface area contributed by atoms with E-state index in [2.05, 4.69) is 9.97 Å². The molecule has 0 radical (unpaired) electrons. The van der Waals surface area contributed by atoms with Gasteiger partial charge in [-0.25, -0.2) is 9.37 Å². The summed E-state index contributed by atoms with van der Waals surface area (Å²) in [6.07, 6.45) is 0. The summed E-state index contributed by atoms with van der Waals surface area (Å²) in [6.45, 7) is 1.64. The fourth-order valence-corrected chi connectivity index (χ4v) is 1.26. The Balaban J connectivity index is 2.30. The summed E-state index contributed by atoms with van der Waals surface area (Å²) in [5.41, 5.74) is -0.307. The minimum Gasteiger partial charge on any atom is -0.439 e. The highest BCUT2D eigenvalue weighted by molar-refractivity contribution is 5.26. The molecule has 4 nitrogen and oxygen atoms in total. The second-order valence-electron chi connectivity index (χ2n) is 3.23. The van der Waals surface area contributed by atoms with Gasteiger partial charge in [0.05, 0.1) is 6.07 Å². The molecule has 1 aromatic heterocycles. The number of aromatic nitrogens is 2. The van der Waals surface area contributed by atoms with Gasteiger partial charge < -0.3 is 9.72 Å². The summed E-state index contributed by atoms with van der Waals surface area (Å²) >= 11 is 0. The number of aryl methyl sites for hydroxylation is 1. The van der Waals surface area contributed by atoms with E-state index in [1.54, 1.807) is 13.0 Å². The third-order valence-electron chi connectivity index (χ3n) is 1.86. The molecule has 0 saturated carbocycles. The Bertz CT molecular complexity index is 566. The van der Waals surface area contributed by atoms with Crippen molar-refractivity contribution in [1.82, 2.24) is 9.97 Å². The van der Waals surface area contributed by atoms with Crippen molar-refractivity contribution in [3.63, 3.8) is 0 Å². The van der Waals surface area contributed by atoms with E-state index in [0.717, 1.165) is 0 Å². The van der Waals surface area contributed by atoms with Crippen molar-refractivity contribution >= 4 is 0 Å². The van der Waals surface area contributed by atoms with Gasteiger partial charge in [0, 0.05) is 6.07 Å². The zero-order chi connectivity index (χ0) is 11.5. The van der Waals surface area contributed by atoms with E-state index in [1.807, 2.05) is 0 Å². The van der Waals surface area contributed by atoms with Crippen LogP contribution in [0, 0.1) is 12.7 Å². The van der Waals surface area contributed by atoms with Crippen LogP contribution in [0.3, 0.4) is 0 Å². The molecule has 0 unspecified atom stereocenters. The molecule has 0 spiro atoms. The number of ether oxygens (including phenoxy) is 1. The summed E-state index contributed by atoms with van der Waals surface area (Å²) in [6, 6.07) is 6.84. The van der Waals surface area contributed by atoms with Crippen LogP contribution in [0.25, 0.3) is 0 Å². The lowest BCUT2D eigenvalue weighted by molar-refractivity contribution is 0.454. The molecular weight excluding hydrogens is 211 g/mol. The van der Waals surface area contributed by atoms with Gasteiger partial charge in [0.2, 0.25) is 5.88 Å². The fourth-order valence-electron chi connectivity index (χ4n) is 1.26. The van der Waals surface area contributed by atoms with Gasteiger partial charge >= 0.3 is 0 Å². The lowest BCUT2D eigenvalue weighted by atomic mass is 10.3. The van der Waals surface area contributed by atoms with Crippen LogP contribution >= 0.6 is 0 Å². The lowest BCUT2D eigenvalue weighted by Crippen LogP contribution is -2.08. The number of hydrogen-bond donors (Lipinski definition) is 1. The van der Waals surface area contributed by atoms with Crippen LogP contribution < -0.4 is 10.3 Å². The van der Waals surface area contributed by atoms with Gasteiger partial charge in [-0.3, -0.25) is 4.79 Å². The van der Waals surface area contributed by atoms with Crippen LogP contribution in [0.15, 0.2) is 35.1 Å². The number of aromatic amines is 1. The van der Waals surface area contributed by atoms with Gasteiger partial charge in [0.25, 0.3) is 5.56 Å². The number of benzene rings is 1. The molecule has 0 bridgehead atoms. The van der Waals surface area contributed by atoms with E-state index < -0.39 is 5.82 Å². The van der Waals surface area contributed by atoms with Crippen LogP contribution in [-0.2, 0) is 0 Å². The number of halogens is 1. The van der Waals surface area contributed by atoms with Crippen molar-refractivity contribution < 1.29 is 9.13 Å². The zero-order valence-corrected chi connectivity index (χ0v) is 8.53. The first-order valence-electron chi connectivity index (χ1n) is 4.65. The van der Waals surface area contributed by atoms with Crippen molar-refractivity contribution in [3.05, 3.63) is 52.3 Å². The third-order valence-corrected chi connectivity index (χ3v) is 1.86. The largest absolute Gasteiger partial charge is 0.439 e. The van der Waals surface area contributed by atoms with Crippen LogP contribution in [0.1, 0.15) is 5.82 Å². The maximum atomic E-state index is 12.9. The van der Waals surface area contributed by atoms with E-state index in [0.29, 0.717) is 11.6 Å². The van der Waals surface area contributed by atoms with Crippen LogP contribution in [0.2, 0.25) is 0 Å². The van der Waals surface area contributed by atoms with E-state index in [1.165, 1.54) is 24.3 Å². The quantitative estimate of drug-likeness (QED) is 0.842. The molecule has 2 aromatic rings. The van der Waals surface area contributed by atoms with Crippen LogP contribution in [0.5, 0.6) is 11.6 Å². The van der Waals surface area contributed by atoms with Gasteiger partial charge in [-0.15, -0.1) is 0 Å². The average Bonchev–Trinajstić information content (AvgIpc) is 2.15. The topological polar surface area (TPSA) is 55.0 Å². The maximum Gasteiger partial charge on any atom is 0.254 e. The van der Waals surface area contributed by atoms with Gasteiger partial charge in [0.15, 0.2) is 0 Å². The van der Waals surface area contributed by atoms with Crippen LogP contribution in [0.4, 0.5) is 4.39 Å². The van der Waals surface area contributed by atoms with E-state index >= 15 is 0 Å². The van der Waals surface area contributed by atoms with Crippen molar-refractivity contribution in [1.29, 1.82) is 0 Å². The fraction of sp³-hybridized carbons (Fsp3) is 0.0909. The Morgan fingerprint density at radius 2 is 2.19 bits per heavy atom. The zero-order valence-electron chi connectivity index (χ0n) is 8.53.